The van der Waals surface area contributed by atoms with Crippen molar-refractivity contribution in [2.75, 3.05) is 13.1 Å². The van der Waals surface area contributed by atoms with Gasteiger partial charge in [0.1, 0.15) is 12.4 Å². The molecule has 0 fully saturated rings. The Kier molecular flexibility index (Phi) is 4.94. The molecule has 0 unspecified atom stereocenters. The summed E-state index contributed by atoms with van der Waals surface area (Å²) in [6.07, 6.45) is -4.09. The van der Waals surface area contributed by atoms with Crippen LogP contribution >= 0.6 is 0 Å². The average molecular weight is 264 g/mol. The summed E-state index contributed by atoms with van der Waals surface area (Å²) in [5.74, 6) is -0.394. The Bertz CT molecular complexity index is 406. The van der Waals surface area contributed by atoms with E-state index >= 15 is 0 Å². The molecule has 0 saturated heterocycles. The molecule has 0 saturated carbocycles. The molecule has 0 heterocycles. The van der Waals surface area contributed by atoms with Gasteiger partial charge in [0.2, 0.25) is 0 Å². The molecular formula is C11H12F4N2O. The molecule has 1 aromatic carbocycles. The Morgan fingerprint density at radius 1 is 1.22 bits per heavy atom. The molecule has 0 aliphatic rings. The van der Waals surface area contributed by atoms with Crippen LogP contribution < -0.4 is 10.6 Å². The molecule has 0 aliphatic heterocycles. The van der Waals surface area contributed by atoms with E-state index < -0.39 is 24.6 Å². The maximum absolute atomic E-state index is 12.8. The molecule has 3 nitrogen and oxygen atoms in total. The Morgan fingerprint density at radius 3 is 2.56 bits per heavy atom. The molecule has 0 aliphatic carbocycles. The predicted molar refractivity (Wildman–Crippen MR) is 57.6 cm³/mol. The molecule has 100 valence electrons. The van der Waals surface area contributed by atoms with E-state index in [-0.39, 0.29) is 6.54 Å². The topological polar surface area (TPSA) is 41.1 Å². The van der Waals surface area contributed by atoms with Gasteiger partial charge in [-0.1, -0.05) is 12.1 Å². The molecule has 0 bridgehead atoms. The average Bonchev–Trinajstić information content (AvgIpc) is 2.25. The van der Waals surface area contributed by atoms with Crippen molar-refractivity contribution in [3.63, 3.8) is 0 Å². The van der Waals surface area contributed by atoms with Crippen LogP contribution in [0.5, 0.6) is 0 Å². The monoisotopic (exact) mass is 264 g/mol. The van der Waals surface area contributed by atoms with Crippen molar-refractivity contribution < 1.29 is 22.4 Å². The smallest absolute Gasteiger partial charge is 0.338 e. The van der Waals surface area contributed by atoms with E-state index in [0.29, 0.717) is 12.0 Å². The summed E-state index contributed by atoms with van der Waals surface area (Å²) >= 11 is 0. The van der Waals surface area contributed by atoms with Gasteiger partial charge in [0.05, 0.1) is 0 Å². The summed E-state index contributed by atoms with van der Waals surface area (Å²) in [6.45, 7) is -1.24. The maximum atomic E-state index is 12.8. The Morgan fingerprint density at radius 2 is 1.94 bits per heavy atom. The van der Waals surface area contributed by atoms with Crippen molar-refractivity contribution in [2.45, 2.75) is 12.6 Å². The number of nitrogens with one attached hydrogen (secondary N) is 2. The van der Waals surface area contributed by atoms with Gasteiger partial charge in [-0.3, -0.25) is 0 Å². The lowest BCUT2D eigenvalue weighted by molar-refractivity contribution is -0.122. The standard InChI is InChI=1S/C11H12F4N2O/c12-9-3-1-2-8(6-9)4-5-16-10(18)17-7-11(13,14)15/h1-3,6H,4-5,7H2,(H2,16,17,18). The number of alkyl halides is 3. The maximum Gasteiger partial charge on any atom is 0.405 e. The van der Waals surface area contributed by atoms with Gasteiger partial charge in [0.15, 0.2) is 0 Å². The van der Waals surface area contributed by atoms with Gasteiger partial charge in [-0.15, -0.1) is 0 Å². The van der Waals surface area contributed by atoms with E-state index in [1.165, 1.54) is 18.2 Å². The molecule has 18 heavy (non-hydrogen) atoms. The first-order valence-electron chi connectivity index (χ1n) is 5.20. The van der Waals surface area contributed by atoms with Crippen molar-refractivity contribution in [3.8, 4) is 0 Å². The normalized spacial score (nSPS) is 11.1. The second kappa shape index (κ2) is 6.23. The highest BCUT2D eigenvalue weighted by atomic mass is 19.4. The number of benzene rings is 1. The number of amides is 2. The number of hydrogen-bond acceptors (Lipinski definition) is 1. The molecule has 0 radical (unpaired) electrons. The Labute approximate surface area is 101 Å². The molecule has 1 aromatic rings. The van der Waals surface area contributed by atoms with E-state index in [4.69, 9.17) is 0 Å². The van der Waals surface area contributed by atoms with Crippen LogP contribution in [0.15, 0.2) is 24.3 Å². The van der Waals surface area contributed by atoms with Gasteiger partial charge in [-0.05, 0) is 24.1 Å². The first-order valence-corrected chi connectivity index (χ1v) is 5.20. The summed E-state index contributed by atoms with van der Waals surface area (Å²) in [7, 11) is 0. The second-order valence-corrected chi connectivity index (χ2v) is 3.60. The van der Waals surface area contributed by atoms with E-state index in [9.17, 15) is 22.4 Å². The van der Waals surface area contributed by atoms with Gasteiger partial charge < -0.3 is 10.6 Å². The van der Waals surface area contributed by atoms with Gasteiger partial charge in [0, 0.05) is 6.54 Å². The number of hydrogen-bond donors (Lipinski definition) is 2. The van der Waals surface area contributed by atoms with Crippen LogP contribution in [-0.4, -0.2) is 25.3 Å². The van der Waals surface area contributed by atoms with Gasteiger partial charge in [-0.2, -0.15) is 13.2 Å². The Balaban J connectivity index is 2.23. The second-order valence-electron chi connectivity index (χ2n) is 3.60. The fraction of sp³-hybridized carbons (Fsp3) is 0.364. The van der Waals surface area contributed by atoms with E-state index in [1.54, 1.807) is 11.4 Å². The summed E-state index contributed by atoms with van der Waals surface area (Å²) in [5.41, 5.74) is 0.658. The third-order valence-electron chi connectivity index (χ3n) is 2.04. The van der Waals surface area contributed by atoms with Crippen LogP contribution in [0.2, 0.25) is 0 Å². The van der Waals surface area contributed by atoms with Crippen LogP contribution in [0.25, 0.3) is 0 Å². The SMILES string of the molecule is O=C(NCCc1cccc(F)c1)NCC(F)(F)F. The van der Waals surface area contributed by atoms with Crippen molar-refractivity contribution in [3.05, 3.63) is 35.6 Å². The quantitative estimate of drug-likeness (QED) is 0.804. The lowest BCUT2D eigenvalue weighted by atomic mass is 10.1. The first-order chi connectivity index (χ1) is 8.37. The van der Waals surface area contributed by atoms with Gasteiger partial charge in [-0.25, -0.2) is 9.18 Å². The van der Waals surface area contributed by atoms with Crippen molar-refractivity contribution >= 4 is 6.03 Å². The summed E-state index contributed by atoms with van der Waals surface area (Å²) in [4.78, 5) is 11.0. The summed E-state index contributed by atoms with van der Waals surface area (Å²) < 4.78 is 48.1. The lowest BCUT2D eigenvalue weighted by Gasteiger charge is -2.09. The first kappa shape index (κ1) is 14.3. The minimum absolute atomic E-state index is 0.132. The summed E-state index contributed by atoms with van der Waals surface area (Å²) in [5, 5.41) is 3.92. The minimum atomic E-state index is -4.43. The fourth-order valence-corrected chi connectivity index (χ4v) is 1.26. The fourth-order valence-electron chi connectivity index (χ4n) is 1.26. The van der Waals surface area contributed by atoms with E-state index in [0.717, 1.165) is 0 Å². The molecule has 2 N–H and O–H groups in total. The van der Waals surface area contributed by atoms with Crippen LogP contribution in [0.1, 0.15) is 5.56 Å². The van der Waals surface area contributed by atoms with Gasteiger partial charge in [0.25, 0.3) is 0 Å². The van der Waals surface area contributed by atoms with Crippen molar-refractivity contribution in [1.82, 2.24) is 10.6 Å². The molecule has 1 rings (SSSR count). The number of rotatable bonds is 4. The molecule has 7 heteroatoms. The number of urea groups is 1. The van der Waals surface area contributed by atoms with Crippen LogP contribution in [0.3, 0.4) is 0 Å². The van der Waals surface area contributed by atoms with Crippen LogP contribution in [0, 0.1) is 5.82 Å². The predicted octanol–water partition coefficient (Wildman–Crippen LogP) is 2.23. The zero-order valence-electron chi connectivity index (χ0n) is 9.35. The van der Waals surface area contributed by atoms with Gasteiger partial charge >= 0.3 is 12.2 Å². The molecule has 0 atom stereocenters. The largest absolute Gasteiger partial charge is 0.405 e. The minimum Gasteiger partial charge on any atom is -0.338 e. The molecule has 0 spiro atoms. The highest BCUT2D eigenvalue weighted by Gasteiger charge is 2.27. The number of halogens is 4. The summed E-state index contributed by atoms with van der Waals surface area (Å²) in [6, 6.07) is 4.87. The van der Waals surface area contributed by atoms with E-state index in [1.807, 2.05) is 0 Å². The molecular weight excluding hydrogens is 252 g/mol. The zero-order chi connectivity index (χ0) is 13.6. The third kappa shape index (κ3) is 6.07. The Hall–Kier alpha value is -1.79. The van der Waals surface area contributed by atoms with E-state index in [2.05, 4.69) is 5.32 Å². The molecule has 0 aromatic heterocycles. The molecule has 2 amide bonds. The van der Waals surface area contributed by atoms with Crippen LogP contribution in [-0.2, 0) is 6.42 Å². The lowest BCUT2D eigenvalue weighted by Crippen LogP contribution is -2.41. The van der Waals surface area contributed by atoms with Crippen LogP contribution in [0.4, 0.5) is 22.4 Å². The number of carbonyl (C=O) groups is 1. The van der Waals surface area contributed by atoms with Crippen molar-refractivity contribution in [2.24, 2.45) is 0 Å². The van der Waals surface area contributed by atoms with Crippen molar-refractivity contribution in [1.29, 1.82) is 0 Å². The third-order valence-corrected chi connectivity index (χ3v) is 2.04. The number of carbonyl (C=O) groups excluding carboxylic acids is 1. The zero-order valence-corrected chi connectivity index (χ0v) is 9.35. The highest BCUT2D eigenvalue weighted by Crippen LogP contribution is 2.11. The highest BCUT2D eigenvalue weighted by molar-refractivity contribution is 5.73.